The van der Waals surface area contributed by atoms with Crippen LogP contribution in [0.1, 0.15) is 30.5 Å². The molecule has 162 valence electrons. The molecule has 3 amide bonds. The highest BCUT2D eigenvalue weighted by Crippen LogP contribution is 2.22. The van der Waals surface area contributed by atoms with Gasteiger partial charge in [0.05, 0.1) is 6.54 Å². The van der Waals surface area contributed by atoms with Crippen molar-refractivity contribution in [2.75, 3.05) is 52.4 Å². The smallest absolute Gasteiger partial charge is 0.317 e. The first-order chi connectivity index (χ1) is 14.6. The van der Waals surface area contributed by atoms with Crippen LogP contribution in [0.15, 0.2) is 24.3 Å². The summed E-state index contributed by atoms with van der Waals surface area (Å²) in [5.74, 6) is 0.238. The quantitative estimate of drug-likeness (QED) is 0.793. The number of urea groups is 1. The molecule has 2 aliphatic rings. The van der Waals surface area contributed by atoms with Gasteiger partial charge in [0.2, 0.25) is 5.91 Å². The Labute approximate surface area is 178 Å². The number of nitrogens with one attached hydrogen (secondary N) is 2. The second kappa shape index (κ2) is 9.51. The van der Waals surface area contributed by atoms with Crippen LogP contribution in [0.5, 0.6) is 0 Å². The van der Waals surface area contributed by atoms with Crippen LogP contribution in [0.4, 0.5) is 4.79 Å². The number of piperazine rings is 1. The van der Waals surface area contributed by atoms with Gasteiger partial charge in [-0.05, 0) is 44.2 Å². The molecule has 30 heavy (non-hydrogen) atoms. The van der Waals surface area contributed by atoms with Crippen LogP contribution in [0.2, 0.25) is 0 Å². The lowest BCUT2D eigenvalue weighted by atomic mass is 10.1. The molecule has 1 aromatic carbocycles. The van der Waals surface area contributed by atoms with Gasteiger partial charge in [0.1, 0.15) is 0 Å². The van der Waals surface area contributed by atoms with E-state index in [1.54, 1.807) is 0 Å². The first kappa shape index (κ1) is 20.7. The van der Waals surface area contributed by atoms with Gasteiger partial charge in [0.15, 0.2) is 0 Å². The zero-order valence-electron chi connectivity index (χ0n) is 18.0. The van der Waals surface area contributed by atoms with Crippen molar-refractivity contribution < 1.29 is 9.59 Å². The molecule has 0 saturated carbocycles. The van der Waals surface area contributed by atoms with E-state index >= 15 is 0 Å². The Morgan fingerprint density at radius 2 is 1.70 bits per heavy atom. The van der Waals surface area contributed by atoms with Gasteiger partial charge < -0.3 is 20.1 Å². The summed E-state index contributed by atoms with van der Waals surface area (Å²) in [6, 6.07) is 8.28. The van der Waals surface area contributed by atoms with Gasteiger partial charge in [-0.2, -0.15) is 0 Å². The number of aromatic amines is 1. The first-order valence-corrected chi connectivity index (χ1v) is 11.2. The predicted molar refractivity (Wildman–Crippen MR) is 119 cm³/mol. The van der Waals surface area contributed by atoms with Gasteiger partial charge in [-0.15, -0.1) is 0 Å². The molecule has 7 nitrogen and oxygen atoms in total. The van der Waals surface area contributed by atoms with Crippen LogP contribution in [-0.2, 0) is 11.2 Å². The second-order valence-corrected chi connectivity index (χ2v) is 8.46. The lowest BCUT2D eigenvalue weighted by Gasteiger charge is -2.36. The summed E-state index contributed by atoms with van der Waals surface area (Å²) >= 11 is 0. The third kappa shape index (κ3) is 4.78. The maximum atomic E-state index is 12.6. The summed E-state index contributed by atoms with van der Waals surface area (Å²) in [6.45, 7) is 7.85. The van der Waals surface area contributed by atoms with Gasteiger partial charge in [-0.1, -0.05) is 18.2 Å². The zero-order chi connectivity index (χ0) is 20.9. The molecule has 0 aliphatic carbocycles. The fraction of sp³-hybridized carbons (Fsp3) is 0.565. The molecule has 0 radical (unpaired) electrons. The number of para-hydroxylation sites is 1. The number of H-pyrrole nitrogens is 1. The van der Waals surface area contributed by atoms with Crippen molar-refractivity contribution in [3.63, 3.8) is 0 Å². The van der Waals surface area contributed by atoms with Crippen molar-refractivity contribution in [2.24, 2.45) is 0 Å². The second-order valence-electron chi connectivity index (χ2n) is 8.46. The zero-order valence-corrected chi connectivity index (χ0v) is 18.0. The third-order valence-corrected chi connectivity index (χ3v) is 6.41. The SMILES string of the molecule is Cc1[nH]c2ccccc2c1CCNC(=O)N1CCN(CC(=O)N2CCCCC2)CC1. The lowest BCUT2D eigenvalue weighted by Crippen LogP contribution is -2.54. The van der Waals surface area contributed by atoms with E-state index in [0.717, 1.165) is 56.7 Å². The normalized spacial score (nSPS) is 18.0. The lowest BCUT2D eigenvalue weighted by molar-refractivity contribution is -0.133. The highest BCUT2D eigenvalue weighted by Gasteiger charge is 2.24. The largest absolute Gasteiger partial charge is 0.358 e. The number of likely N-dealkylation sites (tertiary alicyclic amines) is 1. The Bertz CT molecular complexity index is 879. The minimum absolute atomic E-state index is 0.00509. The number of aromatic nitrogens is 1. The highest BCUT2D eigenvalue weighted by atomic mass is 16.2. The van der Waals surface area contributed by atoms with Crippen molar-refractivity contribution in [3.05, 3.63) is 35.5 Å². The molecule has 2 fully saturated rings. The molecule has 2 saturated heterocycles. The number of hydrogen-bond acceptors (Lipinski definition) is 3. The molecular formula is C23H33N5O2. The summed E-state index contributed by atoms with van der Waals surface area (Å²) < 4.78 is 0. The van der Waals surface area contributed by atoms with Gasteiger partial charge >= 0.3 is 6.03 Å². The van der Waals surface area contributed by atoms with Crippen LogP contribution >= 0.6 is 0 Å². The molecule has 0 unspecified atom stereocenters. The van der Waals surface area contributed by atoms with E-state index in [-0.39, 0.29) is 11.9 Å². The molecule has 1 aromatic heterocycles. The topological polar surface area (TPSA) is 71.7 Å². The average Bonchev–Trinajstić information content (AvgIpc) is 3.10. The van der Waals surface area contributed by atoms with Crippen molar-refractivity contribution in [3.8, 4) is 0 Å². The minimum Gasteiger partial charge on any atom is -0.358 e. The average molecular weight is 412 g/mol. The van der Waals surface area contributed by atoms with E-state index < -0.39 is 0 Å². The monoisotopic (exact) mass is 411 g/mol. The van der Waals surface area contributed by atoms with Gasteiger partial charge in [0, 0.05) is 62.4 Å². The van der Waals surface area contributed by atoms with E-state index in [0.29, 0.717) is 26.2 Å². The molecule has 2 aromatic rings. The fourth-order valence-electron chi connectivity index (χ4n) is 4.61. The fourth-order valence-corrected chi connectivity index (χ4v) is 4.61. The Balaban J connectivity index is 1.20. The number of aryl methyl sites for hydroxylation is 1. The molecule has 2 N–H and O–H groups in total. The molecular weight excluding hydrogens is 378 g/mol. The Morgan fingerprint density at radius 3 is 2.47 bits per heavy atom. The number of benzene rings is 1. The number of rotatable bonds is 5. The number of piperidine rings is 1. The molecule has 7 heteroatoms. The molecule has 0 spiro atoms. The van der Waals surface area contributed by atoms with E-state index in [1.807, 2.05) is 21.9 Å². The summed E-state index contributed by atoms with van der Waals surface area (Å²) in [5.41, 5.74) is 3.58. The molecule has 2 aliphatic heterocycles. The van der Waals surface area contributed by atoms with Crippen LogP contribution in [0, 0.1) is 6.92 Å². The van der Waals surface area contributed by atoms with E-state index in [1.165, 1.54) is 17.4 Å². The van der Waals surface area contributed by atoms with E-state index in [9.17, 15) is 9.59 Å². The van der Waals surface area contributed by atoms with E-state index in [4.69, 9.17) is 0 Å². The van der Waals surface area contributed by atoms with Crippen LogP contribution in [0.25, 0.3) is 10.9 Å². The Hall–Kier alpha value is -2.54. The summed E-state index contributed by atoms with van der Waals surface area (Å²) in [6.07, 6.45) is 4.29. The predicted octanol–water partition coefficient (Wildman–Crippen LogP) is 2.36. The maximum Gasteiger partial charge on any atom is 0.317 e. The standard InChI is InChI=1S/C23H33N5O2/c1-18-19(20-7-3-4-8-21(20)25-18)9-10-24-23(30)28-15-13-26(14-16-28)17-22(29)27-11-5-2-6-12-27/h3-4,7-8,25H,2,5-6,9-17H2,1H3,(H,24,30). The van der Waals surface area contributed by atoms with Crippen molar-refractivity contribution >= 4 is 22.8 Å². The van der Waals surface area contributed by atoms with Crippen molar-refractivity contribution in [1.29, 1.82) is 0 Å². The summed E-state index contributed by atoms with van der Waals surface area (Å²) in [4.78, 5) is 34.5. The van der Waals surface area contributed by atoms with Crippen molar-refractivity contribution in [2.45, 2.75) is 32.6 Å². The Morgan fingerprint density at radius 1 is 0.967 bits per heavy atom. The van der Waals surface area contributed by atoms with Crippen molar-refractivity contribution in [1.82, 2.24) is 25.0 Å². The number of hydrogen-bond donors (Lipinski definition) is 2. The number of nitrogens with zero attached hydrogens (tertiary/aromatic N) is 3. The van der Waals surface area contributed by atoms with Crippen LogP contribution in [0.3, 0.4) is 0 Å². The number of carbonyl (C=O) groups is 2. The van der Waals surface area contributed by atoms with Gasteiger partial charge in [-0.3, -0.25) is 9.69 Å². The molecule has 0 bridgehead atoms. The summed E-state index contributed by atoms with van der Waals surface area (Å²) in [5, 5.41) is 4.30. The minimum atomic E-state index is -0.00509. The molecule has 3 heterocycles. The Kier molecular flexibility index (Phi) is 6.57. The number of fused-ring (bicyclic) bond motifs is 1. The maximum absolute atomic E-state index is 12.6. The number of amides is 3. The first-order valence-electron chi connectivity index (χ1n) is 11.2. The highest BCUT2D eigenvalue weighted by molar-refractivity contribution is 5.84. The van der Waals surface area contributed by atoms with Gasteiger partial charge in [-0.25, -0.2) is 4.79 Å². The van der Waals surface area contributed by atoms with E-state index in [2.05, 4.69) is 34.3 Å². The summed E-state index contributed by atoms with van der Waals surface area (Å²) in [7, 11) is 0. The molecule has 0 atom stereocenters. The van der Waals surface area contributed by atoms with Crippen LogP contribution < -0.4 is 5.32 Å². The molecule has 4 rings (SSSR count). The number of carbonyl (C=O) groups excluding carboxylic acids is 2. The third-order valence-electron chi connectivity index (χ3n) is 6.41. The van der Waals surface area contributed by atoms with Gasteiger partial charge in [0.25, 0.3) is 0 Å². The van der Waals surface area contributed by atoms with Crippen LogP contribution in [-0.4, -0.2) is 84.0 Å².